The van der Waals surface area contributed by atoms with Crippen LogP contribution in [-0.4, -0.2) is 60.9 Å². The van der Waals surface area contributed by atoms with E-state index in [0.29, 0.717) is 30.6 Å². The van der Waals surface area contributed by atoms with Crippen molar-refractivity contribution in [2.24, 2.45) is 5.92 Å². The standard InChI is InChI=1S/C21H30FN3O2/c1-15(2)13-19(21(27)25-11-9-24(4)10-12-25)23-20(26)16(3)14-17-7-5-6-8-18(17)22/h5-8,14-15,19H,9-13H2,1-4H3,(H,23,26)/b16-14+/t19-/m1/s1. The summed E-state index contributed by atoms with van der Waals surface area (Å²) in [4.78, 5) is 29.5. The van der Waals surface area contributed by atoms with Gasteiger partial charge in [-0.25, -0.2) is 4.39 Å². The quantitative estimate of drug-likeness (QED) is 0.778. The van der Waals surface area contributed by atoms with E-state index in [4.69, 9.17) is 0 Å². The summed E-state index contributed by atoms with van der Waals surface area (Å²) in [5, 5.41) is 2.86. The fourth-order valence-corrected chi connectivity index (χ4v) is 3.10. The van der Waals surface area contributed by atoms with Crippen molar-refractivity contribution in [2.45, 2.75) is 33.2 Å². The van der Waals surface area contributed by atoms with Crippen LogP contribution in [0.5, 0.6) is 0 Å². The molecular formula is C21H30FN3O2. The van der Waals surface area contributed by atoms with Crippen molar-refractivity contribution in [1.29, 1.82) is 0 Å². The maximum absolute atomic E-state index is 13.8. The molecule has 5 nitrogen and oxygen atoms in total. The summed E-state index contributed by atoms with van der Waals surface area (Å²) in [5.74, 6) is -0.491. The van der Waals surface area contributed by atoms with Crippen molar-refractivity contribution in [3.8, 4) is 0 Å². The molecule has 1 fully saturated rings. The third-order valence-corrected chi connectivity index (χ3v) is 4.76. The number of nitrogens with one attached hydrogen (secondary N) is 1. The average molecular weight is 375 g/mol. The molecule has 0 spiro atoms. The minimum Gasteiger partial charge on any atom is -0.341 e. The van der Waals surface area contributed by atoms with Gasteiger partial charge in [-0.05, 0) is 38.5 Å². The van der Waals surface area contributed by atoms with Gasteiger partial charge in [0.2, 0.25) is 11.8 Å². The number of carbonyl (C=O) groups is 2. The number of amides is 2. The molecule has 1 atom stereocenters. The van der Waals surface area contributed by atoms with E-state index in [0.717, 1.165) is 13.1 Å². The number of likely N-dealkylation sites (N-methyl/N-ethyl adjacent to an activating group) is 1. The van der Waals surface area contributed by atoms with Gasteiger partial charge in [-0.15, -0.1) is 0 Å². The van der Waals surface area contributed by atoms with E-state index >= 15 is 0 Å². The highest BCUT2D eigenvalue weighted by atomic mass is 19.1. The molecule has 0 bridgehead atoms. The second kappa shape index (κ2) is 9.65. The Morgan fingerprint density at radius 1 is 1.19 bits per heavy atom. The van der Waals surface area contributed by atoms with Gasteiger partial charge in [0.25, 0.3) is 0 Å². The minimum atomic E-state index is -0.565. The van der Waals surface area contributed by atoms with Gasteiger partial charge in [-0.2, -0.15) is 0 Å². The van der Waals surface area contributed by atoms with E-state index in [1.54, 1.807) is 25.1 Å². The third-order valence-electron chi connectivity index (χ3n) is 4.76. The van der Waals surface area contributed by atoms with Gasteiger partial charge >= 0.3 is 0 Å². The monoisotopic (exact) mass is 375 g/mol. The fourth-order valence-electron chi connectivity index (χ4n) is 3.10. The van der Waals surface area contributed by atoms with Gasteiger partial charge in [0.05, 0.1) is 0 Å². The van der Waals surface area contributed by atoms with Crippen LogP contribution >= 0.6 is 0 Å². The molecule has 1 aliphatic heterocycles. The number of benzene rings is 1. The molecule has 0 aliphatic carbocycles. The minimum absolute atomic E-state index is 0.0381. The molecule has 1 N–H and O–H groups in total. The topological polar surface area (TPSA) is 52.7 Å². The van der Waals surface area contributed by atoms with Crippen LogP contribution in [0.4, 0.5) is 4.39 Å². The van der Waals surface area contributed by atoms with E-state index in [1.807, 2.05) is 25.8 Å². The van der Waals surface area contributed by atoms with Crippen molar-refractivity contribution in [3.05, 3.63) is 41.2 Å². The molecule has 2 rings (SSSR count). The zero-order chi connectivity index (χ0) is 20.0. The zero-order valence-corrected chi connectivity index (χ0v) is 16.7. The Balaban J connectivity index is 2.09. The zero-order valence-electron chi connectivity index (χ0n) is 16.7. The number of hydrogen-bond acceptors (Lipinski definition) is 3. The fraction of sp³-hybridized carbons (Fsp3) is 0.524. The first kappa shape index (κ1) is 21.1. The SMILES string of the molecule is C/C(=C\c1ccccc1F)C(=O)N[C@H](CC(C)C)C(=O)N1CCN(C)CC1. The van der Waals surface area contributed by atoms with E-state index in [2.05, 4.69) is 10.2 Å². The Morgan fingerprint density at radius 2 is 1.81 bits per heavy atom. The Bertz CT molecular complexity index is 694. The summed E-state index contributed by atoms with van der Waals surface area (Å²) in [6, 6.07) is 5.74. The molecule has 1 heterocycles. The van der Waals surface area contributed by atoms with Gasteiger partial charge in [0.1, 0.15) is 11.9 Å². The lowest BCUT2D eigenvalue weighted by Gasteiger charge is -2.35. The lowest BCUT2D eigenvalue weighted by molar-refractivity contribution is -0.137. The summed E-state index contributed by atoms with van der Waals surface area (Å²) in [6.45, 7) is 8.69. The van der Waals surface area contributed by atoms with E-state index in [9.17, 15) is 14.0 Å². The molecule has 6 heteroatoms. The van der Waals surface area contributed by atoms with Gasteiger partial charge in [-0.1, -0.05) is 32.0 Å². The molecule has 0 unspecified atom stereocenters. The van der Waals surface area contributed by atoms with E-state index in [-0.39, 0.29) is 23.5 Å². The van der Waals surface area contributed by atoms with Crippen LogP contribution in [0, 0.1) is 11.7 Å². The highest BCUT2D eigenvalue weighted by Crippen LogP contribution is 2.14. The average Bonchev–Trinajstić information content (AvgIpc) is 2.62. The third kappa shape index (κ3) is 6.17. The van der Waals surface area contributed by atoms with Crippen LogP contribution < -0.4 is 5.32 Å². The van der Waals surface area contributed by atoms with Crippen LogP contribution in [0.15, 0.2) is 29.8 Å². The van der Waals surface area contributed by atoms with Gasteiger partial charge < -0.3 is 15.1 Å². The molecule has 0 radical (unpaired) electrons. The van der Waals surface area contributed by atoms with Gasteiger partial charge in [-0.3, -0.25) is 9.59 Å². The summed E-state index contributed by atoms with van der Waals surface area (Å²) < 4.78 is 13.8. The Hall–Kier alpha value is -2.21. The molecule has 1 aromatic rings. The second-order valence-corrected chi connectivity index (χ2v) is 7.63. The lowest BCUT2D eigenvalue weighted by Crippen LogP contribution is -2.54. The lowest BCUT2D eigenvalue weighted by atomic mass is 10.0. The Morgan fingerprint density at radius 3 is 2.41 bits per heavy atom. The Kier molecular flexibility index (Phi) is 7.54. The Labute approximate surface area is 161 Å². The molecule has 2 amide bonds. The predicted octanol–water partition coefficient (Wildman–Crippen LogP) is 2.53. The van der Waals surface area contributed by atoms with Crippen molar-refractivity contribution in [1.82, 2.24) is 15.1 Å². The van der Waals surface area contributed by atoms with Crippen LogP contribution in [-0.2, 0) is 9.59 Å². The van der Waals surface area contributed by atoms with E-state index in [1.165, 1.54) is 12.1 Å². The van der Waals surface area contributed by atoms with Crippen LogP contribution in [0.25, 0.3) is 6.08 Å². The predicted molar refractivity (Wildman–Crippen MR) is 106 cm³/mol. The maximum Gasteiger partial charge on any atom is 0.247 e. The molecule has 1 aliphatic rings. The van der Waals surface area contributed by atoms with Crippen molar-refractivity contribution < 1.29 is 14.0 Å². The first-order valence-corrected chi connectivity index (χ1v) is 9.49. The number of rotatable bonds is 6. The summed E-state index contributed by atoms with van der Waals surface area (Å²) in [5.41, 5.74) is 0.732. The largest absolute Gasteiger partial charge is 0.341 e. The summed E-state index contributed by atoms with van der Waals surface area (Å²) >= 11 is 0. The molecule has 148 valence electrons. The van der Waals surface area contributed by atoms with E-state index < -0.39 is 6.04 Å². The molecular weight excluding hydrogens is 345 g/mol. The van der Waals surface area contributed by atoms with Crippen LogP contribution in [0.3, 0.4) is 0 Å². The molecule has 1 saturated heterocycles. The van der Waals surface area contributed by atoms with Crippen LogP contribution in [0.1, 0.15) is 32.8 Å². The molecule has 0 aromatic heterocycles. The highest BCUT2D eigenvalue weighted by molar-refractivity contribution is 5.99. The summed E-state index contributed by atoms with van der Waals surface area (Å²) in [7, 11) is 2.03. The maximum atomic E-state index is 13.8. The van der Waals surface area contributed by atoms with Crippen LogP contribution in [0.2, 0.25) is 0 Å². The first-order chi connectivity index (χ1) is 12.8. The van der Waals surface area contributed by atoms with Crippen molar-refractivity contribution in [3.63, 3.8) is 0 Å². The second-order valence-electron chi connectivity index (χ2n) is 7.63. The normalized spacial score (nSPS) is 17.1. The number of nitrogens with zero attached hydrogens (tertiary/aromatic N) is 2. The van der Waals surface area contributed by atoms with Crippen molar-refractivity contribution >= 4 is 17.9 Å². The first-order valence-electron chi connectivity index (χ1n) is 9.49. The molecule has 1 aromatic carbocycles. The summed E-state index contributed by atoms with van der Waals surface area (Å²) in [6.07, 6.45) is 2.08. The molecule has 0 saturated carbocycles. The molecule has 27 heavy (non-hydrogen) atoms. The number of hydrogen-bond donors (Lipinski definition) is 1. The number of halogens is 1. The van der Waals surface area contributed by atoms with Gasteiger partial charge in [0, 0.05) is 37.3 Å². The smallest absolute Gasteiger partial charge is 0.247 e. The number of carbonyl (C=O) groups excluding carboxylic acids is 2. The highest BCUT2D eigenvalue weighted by Gasteiger charge is 2.28. The van der Waals surface area contributed by atoms with Gasteiger partial charge in [0.15, 0.2) is 0 Å². The van der Waals surface area contributed by atoms with Crippen molar-refractivity contribution in [2.75, 3.05) is 33.2 Å². The number of piperazine rings is 1.